The highest BCUT2D eigenvalue weighted by Crippen LogP contribution is 2.38. The molecule has 0 amide bonds. The summed E-state index contributed by atoms with van der Waals surface area (Å²) in [6.45, 7) is 5.49. The Morgan fingerprint density at radius 2 is 1.92 bits per heavy atom. The molecule has 1 heterocycles. The van der Waals surface area contributed by atoms with Gasteiger partial charge in [0.05, 0.1) is 22.7 Å². The van der Waals surface area contributed by atoms with E-state index in [1.807, 2.05) is 13.0 Å². The highest BCUT2D eigenvalue weighted by Gasteiger charge is 2.34. The Kier molecular flexibility index (Phi) is 4.20. The van der Waals surface area contributed by atoms with Gasteiger partial charge in [-0.1, -0.05) is 12.1 Å². The molecule has 0 saturated carbocycles. The zero-order chi connectivity index (χ0) is 18.4. The summed E-state index contributed by atoms with van der Waals surface area (Å²) in [5.74, 6) is -0.664. The second-order valence-electron chi connectivity index (χ2n) is 6.22. The van der Waals surface area contributed by atoms with Gasteiger partial charge in [-0.05, 0) is 56.2 Å². The van der Waals surface area contributed by atoms with E-state index in [4.69, 9.17) is 4.74 Å². The summed E-state index contributed by atoms with van der Waals surface area (Å²) in [5, 5.41) is 9.18. The smallest absolute Gasteiger partial charge is 0.335 e. The van der Waals surface area contributed by atoms with Crippen LogP contribution in [0.1, 0.15) is 28.4 Å². The molecule has 0 saturated heterocycles. The first-order valence-corrected chi connectivity index (χ1v) is 9.28. The lowest BCUT2D eigenvalue weighted by Gasteiger charge is -2.34. The van der Waals surface area contributed by atoms with Crippen LogP contribution in [0.4, 0.5) is 5.69 Å². The summed E-state index contributed by atoms with van der Waals surface area (Å²) >= 11 is 0. The summed E-state index contributed by atoms with van der Waals surface area (Å²) in [6.07, 6.45) is -0.312. The maximum absolute atomic E-state index is 13.3. The van der Waals surface area contributed by atoms with Crippen molar-refractivity contribution in [2.75, 3.05) is 10.8 Å². The van der Waals surface area contributed by atoms with Crippen LogP contribution in [-0.4, -0.2) is 32.1 Å². The number of aromatic carboxylic acids is 1. The number of aryl methyl sites for hydroxylation is 2. The number of fused-ring (bicyclic) bond motifs is 1. The number of sulfonamides is 1. The van der Waals surface area contributed by atoms with Gasteiger partial charge < -0.3 is 9.84 Å². The molecule has 0 fully saturated rings. The van der Waals surface area contributed by atoms with E-state index in [-0.39, 0.29) is 23.1 Å². The molecular weight excluding hydrogens is 342 g/mol. The minimum absolute atomic E-state index is 0.00560. The van der Waals surface area contributed by atoms with Crippen LogP contribution in [0.15, 0.2) is 41.3 Å². The van der Waals surface area contributed by atoms with Crippen LogP contribution in [0.25, 0.3) is 0 Å². The number of hydrogen-bond acceptors (Lipinski definition) is 4. The Bertz CT molecular complexity index is 952. The van der Waals surface area contributed by atoms with Gasteiger partial charge in [-0.3, -0.25) is 4.31 Å². The second kappa shape index (κ2) is 6.07. The maximum Gasteiger partial charge on any atom is 0.335 e. The Balaban J connectivity index is 2.18. The van der Waals surface area contributed by atoms with E-state index in [0.29, 0.717) is 17.0 Å². The van der Waals surface area contributed by atoms with Crippen molar-refractivity contribution < 1.29 is 23.1 Å². The van der Waals surface area contributed by atoms with Gasteiger partial charge in [0.2, 0.25) is 0 Å². The maximum atomic E-state index is 13.3. The minimum Gasteiger partial charge on any atom is -0.487 e. The van der Waals surface area contributed by atoms with Gasteiger partial charge in [0, 0.05) is 0 Å². The highest BCUT2D eigenvalue weighted by molar-refractivity contribution is 7.92. The van der Waals surface area contributed by atoms with Crippen molar-refractivity contribution in [2.24, 2.45) is 0 Å². The van der Waals surface area contributed by atoms with E-state index in [0.717, 1.165) is 5.56 Å². The summed E-state index contributed by atoms with van der Waals surface area (Å²) in [6, 6.07) is 9.49. The average Bonchev–Trinajstić information content (AvgIpc) is 2.54. The van der Waals surface area contributed by atoms with Gasteiger partial charge in [-0.15, -0.1) is 0 Å². The SMILES string of the molecule is Cc1ccc2c(c1)N(S(=O)(=O)c1cc(C(=O)O)ccc1C)CC(C)O2. The largest absolute Gasteiger partial charge is 0.487 e. The quantitative estimate of drug-likeness (QED) is 0.909. The predicted molar refractivity (Wildman–Crippen MR) is 93.9 cm³/mol. The van der Waals surface area contributed by atoms with Crippen LogP contribution in [0, 0.1) is 13.8 Å². The molecule has 3 rings (SSSR count). The minimum atomic E-state index is -3.92. The van der Waals surface area contributed by atoms with Crippen molar-refractivity contribution >= 4 is 21.7 Å². The molecule has 1 N–H and O–H groups in total. The second-order valence-corrected chi connectivity index (χ2v) is 8.05. The number of carboxylic acid groups (broad SMARTS) is 1. The Morgan fingerprint density at radius 1 is 1.20 bits per heavy atom. The predicted octanol–water partition coefficient (Wildman–Crippen LogP) is 2.98. The summed E-state index contributed by atoms with van der Waals surface area (Å²) in [4.78, 5) is 11.2. The first kappa shape index (κ1) is 17.3. The van der Waals surface area contributed by atoms with Crippen molar-refractivity contribution in [1.29, 1.82) is 0 Å². The van der Waals surface area contributed by atoms with E-state index in [9.17, 15) is 18.3 Å². The standard InChI is InChI=1S/C18H19NO5S/c1-11-4-7-16-15(8-11)19(10-13(3)24-16)25(22,23)17-9-14(18(20)21)6-5-12(17)2/h4-9,13H,10H2,1-3H3,(H,20,21). The van der Waals surface area contributed by atoms with E-state index in [1.54, 1.807) is 26.0 Å². The molecule has 25 heavy (non-hydrogen) atoms. The summed E-state index contributed by atoms with van der Waals surface area (Å²) in [7, 11) is -3.92. The molecule has 6 nitrogen and oxygen atoms in total. The van der Waals surface area contributed by atoms with Crippen molar-refractivity contribution in [3.63, 3.8) is 0 Å². The van der Waals surface area contributed by atoms with Crippen LogP contribution in [-0.2, 0) is 10.0 Å². The first-order chi connectivity index (χ1) is 11.7. The third-order valence-corrected chi connectivity index (χ3v) is 6.06. The third kappa shape index (κ3) is 3.07. The first-order valence-electron chi connectivity index (χ1n) is 7.84. The number of anilines is 1. The molecule has 2 aromatic rings. The van der Waals surface area contributed by atoms with E-state index in [2.05, 4.69) is 0 Å². The van der Waals surface area contributed by atoms with E-state index in [1.165, 1.54) is 22.5 Å². The summed E-state index contributed by atoms with van der Waals surface area (Å²) < 4.78 is 33.6. The molecule has 1 aliphatic heterocycles. The number of rotatable bonds is 3. The fourth-order valence-electron chi connectivity index (χ4n) is 2.87. The highest BCUT2D eigenvalue weighted by atomic mass is 32.2. The van der Waals surface area contributed by atoms with E-state index < -0.39 is 16.0 Å². The Hall–Kier alpha value is -2.54. The monoisotopic (exact) mass is 361 g/mol. The van der Waals surface area contributed by atoms with Crippen molar-refractivity contribution in [3.05, 3.63) is 53.1 Å². The number of carboxylic acids is 1. The normalized spacial score (nSPS) is 16.9. The fourth-order valence-corrected chi connectivity index (χ4v) is 4.66. The van der Waals surface area contributed by atoms with Crippen LogP contribution >= 0.6 is 0 Å². The molecule has 7 heteroatoms. The number of benzene rings is 2. The molecule has 132 valence electrons. The van der Waals surface area contributed by atoms with Crippen LogP contribution < -0.4 is 9.04 Å². The molecule has 2 aromatic carbocycles. The lowest BCUT2D eigenvalue weighted by Crippen LogP contribution is -2.42. The fraction of sp³-hybridized carbons (Fsp3) is 0.278. The lowest BCUT2D eigenvalue weighted by molar-refractivity contribution is 0.0696. The van der Waals surface area contributed by atoms with Gasteiger partial charge in [-0.2, -0.15) is 0 Å². The molecule has 0 spiro atoms. The molecule has 0 radical (unpaired) electrons. The van der Waals surface area contributed by atoms with Gasteiger partial charge >= 0.3 is 5.97 Å². The van der Waals surface area contributed by atoms with E-state index >= 15 is 0 Å². The number of carbonyl (C=O) groups is 1. The molecule has 0 aromatic heterocycles. The van der Waals surface area contributed by atoms with Gasteiger partial charge in [0.1, 0.15) is 11.9 Å². The lowest BCUT2D eigenvalue weighted by atomic mass is 10.1. The summed E-state index contributed by atoms with van der Waals surface area (Å²) in [5.41, 5.74) is 1.82. The molecule has 0 bridgehead atoms. The zero-order valence-corrected chi connectivity index (χ0v) is 15.0. The Morgan fingerprint density at radius 3 is 2.60 bits per heavy atom. The molecular formula is C18H19NO5S. The third-order valence-electron chi connectivity index (χ3n) is 4.14. The Labute approximate surface area is 146 Å². The number of hydrogen-bond donors (Lipinski definition) is 1. The van der Waals surface area contributed by atoms with Crippen LogP contribution in [0.5, 0.6) is 5.75 Å². The molecule has 1 aliphatic rings. The number of ether oxygens (including phenoxy) is 1. The van der Waals surface area contributed by atoms with Crippen LogP contribution in [0.2, 0.25) is 0 Å². The van der Waals surface area contributed by atoms with Crippen molar-refractivity contribution in [2.45, 2.75) is 31.8 Å². The van der Waals surface area contributed by atoms with Gasteiger partial charge in [-0.25, -0.2) is 13.2 Å². The topological polar surface area (TPSA) is 83.9 Å². The molecule has 0 aliphatic carbocycles. The average molecular weight is 361 g/mol. The zero-order valence-electron chi connectivity index (χ0n) is 14.2. The van der Waals surface area contributed by atoms with Crippen LogP contribution in [0.3, 0.4) is 0 Å². The molecule has 1 unspecified atom stereocenters. The van der Waals surface area contributed by atoms with Gasteiger partial charge in [0.15, 0.2) is 0 Å². The number of nitrogens with zero attached hydrogens (tertiary/aromatic N) is 1. The van der Waals surface area contributed by atoms with Crippen molar-refractivity contribution in [1.82, 2.24) is 0 Å². The van der Waals surface area contributed by atoms with Crippen molar-refractivity contribution in [3.8, 4) is 5.75 Å². The molecule has 1 atom stereocenters. The van der Waals surface area contributed by atoms with Gasteiger partial charge in [0.25, 0.3) is 10.0 Å².